The summed E-state index contributed by atoms with van der Waals surface area (Å²) >= 11 is 0. The van der Waals surface area contributed by atoms with Gasteiger partial charge in [0.2, 0.25) is 0 Å². The number of fused-ring (bicyclic) bond motifs is 5. The topological polar surface area (TPSA) is 65.3 Å². The molecule has 0 spiro atoms. The molecule has 0 bridgehead atoms. The maximum atomic E-state index is 12.5. The second kappa shape index (κ2) is 5.73. The van der Waals surface area contributed by atoms with E-state index in [2.05, 4.69) is 0 Å². The van der Waals surface area contributed by atoms with E-state index in [9.17, 15) is 9.59 Å². The van der Waals surface area contributed by atoms with Crippen LogP contribution in [0.1, 0.15) is 29.5 Å². The van der Waals surface area contributed by atoms with Crippen molar-refractivity contribution in [1.29, 1.82) is 0 Å². The van der Waals surface area contributed by atoms with E-state index in [0.29, 0.717) is 23.2 Å². The predicted octanol–water partition coefficient (Wildman–Crippen LogP) is 3.63. The molecule has 0 saturated heterocycles. The van der Waals surface area contributed by atoms with Crippen molar-refractivity contribution in [1.82, 2.24) is 4.57 Å². The number of nitrogens with zero attached hydrogens (tertiary/aromatic N) is 1. The number of rotatable bonds is 2. The van der Waals surface area contributed by atoms with E-state index in [1.165, 1.54) is 0 Å². The highest BCUT2D eigenvalue weighted by Crippen LogP contribution is 2.31. The average Bonchev–Trinajstić information content (AvgIpc) is 2.99. The van der Waals surface area contributed by atoms with Crippen LogP contribution in [0.4, 0.5) is 0 Å². The molecule has 0 saturated carbocycles. The zero-order valence-electron chi connectivity index (χ0n) is 14.2. The summed E-state index contributed by atoms with van der Waals surface area (Å²) in [5.41, 5.74) is 3.98. The van der Waals surface area contributed by atoms with Gasteiger partial charge in [-0.15, -0.1) is 0 Å². The minimum atomic E-state index is -0.447. The second-order valence-corrected chi connectivity index (χ2v) is 6.78. The lowest BCUT2D eigenvalue weighted by Crippen LogP contribution is -2.17. The lowest BCUT2D eigenvalue weighted by Gasteiger charge is -2.16. The van der Waals surface area contributed by atoms with Crippen molar-refractivity contribution >= 4 is 22.1 Å². The summed E-state index contributed by atoms with van der Waals surface area (Å²) in [4.78, 5) is 25.0. The van der Waals surface area contributed by atoms with Gasteiger partial charge in [-0.2, -0.15) is 0 Å². The van der Waals surface area contributed by atoms with Crippen LogP contribution in [0, 0.1) is 0 Å². The molecule has 2 aromatic heterocycles. The van der Waals surface area contributed by atoms with E-state index in [1.54, 1.807) is 10.6 Å². The van der Waals surface area contributed by atoms with Crippen LogP contribution in [-0.2, 0) is 19.4 Å². The van der Waals surface area contributed by atoms with Gasteiger partial charge in [0.05, 0.1) is 6.54 Å². The Balaban J connectivity index is 1.84. The van der Waals surface area contributed by atoms with Crippen LogP contribution in [0.25, 0.3) is 22.1 Å². The van der Waals surface area contributed by atoms with Crippen molar-refractivity contribution in [3.63, 3.8) is 0 Å². The highest BCUT2D eigenvalue weighted by Gasteiger charge is 2.22. The first kappa shape index (κ1) is 15.2. The molecule has 2 heterocycles. The van der Waals surface area contributed by atoms with Crippen LogP contribution >= 0.6 is 0 Å². The standard InChI is InChI=1S/C21H17NO4/c23-20-16-9-5-4-8-14(16)15-10-11-17-18(19(15)26-20)22(21(24)25-17)12-13-6-2-1-3-7-13/h1-3,6-7,10-11H,4-5,8-9,12H2. The molecule has 4 aromatic rings. The molecule has 5 nitrogen and oxygen atoms in total. The number of hydrogen-bond donors (Lipinski definition) is 0. The zero-order valence-corrected chi connectivity index (χ0v) is 14.2. The van der Waals surface area contributed by atoms with Gasteiger partial charge in [0, 0.05) is 10.9 Å². The first-order valence-corrected chi connectivity index (χ1v) is 8.87. The molecule has 26 heavy (non-hydrogen) atoms. The Morgan fingerprint density at radius 2 is 1.65 bits per heavy atom. The summed E-state index contributed by atoms with van der Waals surface area (Å²) < 4.78 is 12.6. The van der Waals surface area contributed by atoms with Crippen LogP contribution in [0.3, 0.4) is 0 Å². The third-order valence-electron chi connectivity index (χ3n) is 5.20. The molecule has 1 aliphatic carbocycles. The lowest BCUT2D eigenvalue weighted by atomic mass is 9.90. The fraction of sp³-hybridized carbons (Fsp3) is 0.238. The molecule has 0 aliphatic heterocycles. The smallest absolute Gasteiger partial charge is 0.420 e. The molecule has 2 aromatic carbocycles. The maximum Gasteiger partial charge on any atom is 0.420 e. The van der Waals surface area contributed by atoms with Crippen molar-refractivity contribution in [3.05, 3.63) is 80.1 Å². The van der Waals surface area contributed by atoms with Gasteiger partial charge < -0.3 is 8.83 Å². The highest BCUT2D eigenvalue weighted by molar-refractivity contribution is 6.01. The van der Waals surface area contributed by atoms with Crippen molar-refractivity contribution < 1.29 is 8.83 Å². The molecule has 0 N–H and O–H groups in total. The fourth-order valence-electron chi connectivity index (χ4n) is 3.96. The Morgan fingerprint density at radius 3 is 2.46 bits per heavy atom. The first-order valence-electron chi connectivity index (χ1n) is 8.87. The third-order valence-corrected chi connectivity index (χ3v) is 5.20. The average molecular weight is 347 g/mol. The molecule has 0 amide bonds. The second-order valence-electron chi connectivity index (χ2n) is 6.78. The third kappa shape index (κ3) is 2.24. The molecule has 0 radical (unpaired) electrons. The van der Waals surface area contributed by atoms with E-state index in [-0.39, 0.29) is 5.63 Å². The Labute approximate surface area is 148 Å². The number of aryl methyl sites for hydroxylation is 1. The Morgan fingerprint density at radius 1 is 0.885 bits per heavy atom. The van der Waals surface area contributed by atoms with Gasteiger partial charge in [-0.1, -0.05) is 30.3 Å². The van der Waals surface area contributed by atoms with Crippen LogP contribution in [0.5, 0.6) is 0 Å². The van der Waals surface area contributed by atoms with Gasteiger partial charge in [-0.05, 0) is 48.9 Å². The highest BCUT2D eigenvalue weighted by atomic mass is 16.4. The molecule has 0 fully saturated rings. The van der Waals surface area contributed by atoms with Crippen LogP contribution in [-0.4, -0.2) is 4.57 Å². The van der Waals surface area contributed by atoms with Crippen molar-refractivity contribution in [3.8, 4) is 0 Å². The van der Waals surface area contributed by atoms with Crippen molar-refractivity contribution in [2.24, 2.45) is 0 Å². The molecular weight excluding hydrogens is 330 g/mol. The molecule has 0 unspecified atom stereocenters. The van der Waals surface area contributed by atoms with E-state index in [1.807, 2.05) is 36.4 Å². The minimum absolute atomic E-state index is 0.292. The number of oxazole rings is 1. The van der Waals surface area contributed by atoms with E-state index in [4.69, 9.17) is 8.83 Å². The molecule has 0 atom stereocenters. The first-order chi connectivity index (χ1) is 12.7. The van der Waals surface area contributed by atoms with Crippen LogP contribution in [0.2, 0.25) is 0 Å². The van der Waals surface area contributed by atoms with Crippen molar-refractivity contribution in [2.75, 3.05) is 0 Å². The summed E-state index contributed by atoms with van der Waals surface area (Å²) in [6.07, 6.45) is 3.69. The number of benzene rings is 2. The van der Waals surface area contributed by atoms with Crippen molar-refractivity contribution in [2.45, 2.75) is 32.2 Å². The molecular formula is C21H17NO4. The summed E-state index contributed by atoms with van der Waals surface area (Å²) in [7, 11) is 0. The van der Waals surface area contributed by atoms with Gasteiger partial charge in [0.1, 0.15) is 5.52 Å². The Hall–Kier alpha value is -3.08. The van der Waals surface area contributed by atoms with Crippen LogP contribution < -0.4 is 11.4 Å². The largest absolute Gasteiger partial charge is 0.420 e. The van der Waals surface area contributed by atoms with Crippen LogP contribution in [0.15, 0.2) is 60.9 Å². The summed E-state index contributed by atoms with van der Waals surface area (Å²) in [5.74, 6) is -0.447. The fourth-order valence-corrected chi connectivity index (χ4v) is 3.96. The van der Waals surface area contributed by atoms with E-state index >= 15 is 0 Å². The molecule has 5 rings (SSSR count). The maximum absolute atomic E-state index is 12.5. The summed E-state index contributed by atoms with van der Waals surface area (Å²) in [5, 5.41) is 0.911. The van der Waals surface area contributed by atoms with Gasteiger partial charge >= 0.3 is 11.4 Å². The predicted molar refractivity (Wildman–Crippen MR) is 98.7 cm³/mol. The van der Waals surface area contributed by atoms with Gasteiger partial charge in [0.25, 0.3) is 0 Å². The van der Waals surface area contributed by atoms with Gasteiger partial charge in [-0.25, -0.2) is 9.59 Å². The van der Waals surface area contributed by atoms with E-state index in [0.717, 1.165) is 47.8 Å². The van der Waals surface area contributed by atoms with E-state index < -0.39 is 5.76 Å². The lowest BCUT2D eigenvalue weighted by molar-refractivity contribution is 0.517. The van der Waals surface area contributed by atoms with Gasteiger partial charge in [0.15, 0.2) is 11.2 Å². The SMILES string of the molecule is O=c1oc2c(ccc3oc(=O)n(Cc4ccccc4)c32)c2c1CCCC2. The minimum Gasteiger partial charge on any atom is -0.420 e. The summed E-state index contributed by atoms with van der Waals surface area (Å²) in [6.45, 7) is 0.368. The molecule has 1 aliphatic rings. The Kier molecular flexibility index (Phi) is 3.35. The quantitative estimate of drug-likeness (QED) is 0.520. The molecule has 130 valence electrons. The Bertz CT molecular complexity index is 1240. The molecule has 5 heteroatoms. The van der Waals surface area contributed by atoms with Gasteiger partial charge in [-0.3, -0.25) is 4.57 Å². The summed E-state index contributed by atoms with van der Waals surface area (Å²) in [6, 6.07) is 13.4. The number of aromatic nitrogens is 1. The normalized spacial score (nSPS) is 14.0. The monoisotopic (exact) mass is 347 g/mol. The zero-order chi connectivity index (χ0) is 17.7. The number of hydrogen-bond acceptors (Lipinski definition) is 4.